The Balaban J connectivity index is 1.79. The van der Waals surface area contributed by atoms with Crippen LogP contribution in [0.15, 0.2) is 57.6 Å². The average Bonchev–Trinajstić information content (AvgIpc) is 3.10. The van der Waals surface area contributed by atoms with E-state index in [2.05, 4.69) is 10.6 Å². The summed E-state index contributed by atoms with van der Waals surface area (Å²) in [5.41, 5.74) is 0.0611. The maximum Gasteiger partial charge on any atom is 0.294 e. The minimum atomic E-state index is -4.52. The summed E-state index contributed by atoms with van der Waals surface area (Å²) < 4.78 is 63.3. The Bertz CT molecular complexity index is 1240. The zero-order valence-electron chi connectivity index (χ0n) is 13.6. The molecule has 2 heterocycles. The smallest absolute Gasteiger partial charge is 0.294 e. The first-order valence-corrected chi connectivity index (χ1v) is 10.5. The summed E-state index contributed by atoms with van der Waals surface area (Å²) in [6.07, 6.45) is 0. The first kappa shape index (κ1) is 18.3. The van der Waals surface area contributed by atoms with Crippen molar-refractivity contribution in [1.82, 2.24) is 0 Å². The van der Waals surface area contributed by atoms with Gasteiger partial charge in [0.05, 0.1) is 21.2 Å². The predicted molar refractivity (Wildman–Crippen MR) is 95.4 cm³/mol. The molecule has 0 amide bonds. The molecule has 0 spiro atoms. The van der Waals surface area contributed by atoms with E-state index in [9.17, 15) is 26.4 Å². The number of ketones is 2. The number of rotatable bonds is 2. The van der Waals surface area contributed by atoms with Gasteiger partial charge in [-0.15, -0.1) is 0 Å². The maximum absolute atomic E-state index is 12.7. The number of Topliss-reactive ketones (excluding diaryl/α,β-unsaturated/α-hetero) is 2. The van der Waals surface area contributed by atoms with Gasteiger partial charge < -0.3 is 10.6 Å². The molecule has 4 rings (SSSR count). The number of allylic oxidation sites excluding steroid dienone is 2. The number of fused-ring (bicyclic) bond motifs is 2. The summed E-state index contributed by atoms with van der Waals surface area (Å²) in [4.78, 5) is 24.4. The van der Waals surface area contributed by atoms with Crippen LogP contribution in [0, 0.1) is 0 Å². The average molecular weight is 422 g/mol. The standard InChI is InChI=1S/C16H10N2O8S2/c19-15-9-5-7(27(21,22)23)1-3-11(9)17-13(15)14-16(20)10-6-8(28(24,25)26)2-4-12(10)18-14/h1-6,17-18H,(H,21,22,23)(H,24,25,26)/b14-13-. The van der Waals surface area contributed by atoms with Crippen LogP contribution in [0.2, 0.25) is 0 Å². The lowest BCUT2D eigenvalue weighted by Gasteiger charge is -2.03. The van der Waals surface area contributed by atoms with Crippen LogP contribution in [0.1, 0.15) is 20.7 Å². The highest BCUT2D eigenvalue weighted by atomic mass is 32.2. The minimum Gasteiger partial charge on any atom is -0.350 e. The zero-order valence-corrected chi connectivity index (χ0v) is 15.3. The highest BCUT2D eigenvalue weighted by Gasteiger charge is 2.36. The lowest BCUT2D eigenvalue weighted by atomic mass is 10.1. The molecule has 0 bridgehead atoms. The molecule has 0 atom stereocenters. The van der Waals surface area contributed by atoms with Crippen molar-refractivity contribution >= 4 is 43.2 Å². The highest BCUT2D eigenvalue weighted by molar-refractivity contribution is 7.86. The molecule has 144 valence electrons. The minimum absolute atomic E-state index is 0.0539. The van der Waals surface area contributed by atoms with E-state index in [0.29, 0.717) is 0 Å². The number of hydrogen-bond donors (Lipinski definition) is 4. The van der Waals surface area contributed by atoms with E-state index in [4.69, 9.17) is 9.11 Å². The molecule has 10 nitrogen and oxygen atoms in total. The largest absolute Gasteiger partial charge is 0.350 e. The Kier molecular flexibility index (Phi) is 3.74. The number of carbonyl (C=O) groups is 2. The van der Waals surface area contributed by atoms with Gasteiger partial charge in [0.15, 0.2) is 0 Å². The molecule has 2 aliphatic rings. The summed E-state index contributed by atoms with van der Waals surface area (Å²) in [5, 5.41) is 5.44. The third kappa shape index (κ3) is 2.79. The van der Waals surface area contributed by atoms with Crippen LogP contribution in [0.5, 0.6) is 0 Å². The second-order valence-electron chi connectivity index (χ2n) is 6.02. The van der Waals surface area contributed by atoms with Crippen molar-refractivity contribution in [3.05, 3.63) is 58.9 Å². The van der Waals surface area contributed by atoms with Crippen molar-refractivity contribution in [2.45, 2.75) is 9.79 Å². The molecule has 4 N–H and O–H groups in total. The third-order valence-electron chi connectivity index (χ3n) is 4.29. The third-order valence-corrected chi connectivity index (χ3v) is 5.99. The van der Waals surface area contributed by atoms with Gasteiger partial charge in [0.25, 0.3) is 20.2 Å². The number of nitrogens with one attached hydrogen (secondary N) is 2. The van der Waals surface area contributed by atoms with Gasteiger partial charge in [0, 0.05) is 11.1 Å². The van der Waals surface area contributed by atoms with Crippen LogP contribution < -0.4 is 10.6 Å². The van der Waals surface area contributed by atoms with E-state index in [1.54, 1.807) is 0 Å². The van der Waals surface area contributed by atoms with Crippen molar-refractivity contribution < 1.29 is 35.5 Å². The van der Waals surface area contributed by atoms with Crippen LogP contribution in [0.25, 0.3) is 0 Å². The SMILES string of the molecule is O=C1/C(=C2/Nc3ccc(S(=O)(=O)O)cc3C2=O)Nc2ccc(S(=O)(=O)O)cc21. The zero-order chi connectivity index (χ0) is 20.4. The monoisotopic (exact) mass is 422 g/mol. The fourth-order valence-corrected chi connectivity index (χ4v) is 3.98. The van der Waals surface area contributed by atoms with Crippen molar-refractivity contribution in [2.75, 3.05) is 10.6 Å². The van der Waals surface area contributed by atoms with Crippen molar-refractivity contribution in [1.29, 1.82) is 0 Å². The van der Waals surface area contributed by atoms with Gasteiger partial charge in [0.2, 0.25) is 11.6 Å². The van der Waals surface area contributed by atoms with E-state index in [0.717, 1.165) is 24.3 Å². The summed E-state index contributed by atoms with van der Waals surface area (Å²) in [7, 11) is -9.03. The van der Waals surface area contributed by atoms with Gasteiger partial charge in [-0.25, -0.2) is 0 Å². The molecule has 28 heavy (non-hydrogen) atoms. The van der Waals surface area contributed by atoms with Gasteiger partial charge in [-0.1, -0.05) is 0 Å². The molecular formula is C16H10N2O8S2. The Morgan fingerprint density at radius 3 is 1.32 bits per heavy atom. The Hall–Kier alpha value is -3.06. The number of anilines is 2. The lowest BCUT2D eigenvalue weighted by Crippen LogP contribution is -2.13. The molecule has 2 aliphatic heterocycles. The highest BCUT2D eigenvalue weighted by Crippen LogP contribution is 2.36. The number of hydrogen-bond acceptors (Lipinski definition) is 8. The molecule has 12 heteroatoms. The molecule has 0 aromatic heterocycles. The van der Waals surface area contributed by atoms with Gasteiger partial charge in [-0.3, -0.25) is 18.7 Å². The topological polar surface area (TPSA) is 167 Å². The fourth-order valence-electron chi connectivity index (χ4n) is 2.97. The van der Waals surface area contributed by atoms with E-state index < -0.39 is 41.6 Å². The summed E-state index contributed by atoms with van der Waals surface area (Å²) >= 11 is 0. The number of carbonyl (C=O) groups excluding carboxylic acids is 2. The van der Waals surface area contributed by atoms with Crippen LogP contribution >= 0.6 is 0 Å². The molecule has 2 aromatic carbocycles. The molecule has 0 aliphatic carbocycles. The normalized spacial score (nSPS) is 18.5. The molecule has 2 aromatic rings. The second-order valence-corrected chi connectivity index (χ2v) is 8.87. The first-order valence-electron chi connectivity index (χ1n) is 7.57. The quantitative estimate of drug-likeness (QED) is 0.409. The van der Waals surface area contributed by atoms with Gasteiger partial charge in [0.1, 0.15) is 11.4 Å². The molecule has 0 radical (unpaired) electrons. The van der Waals surface area contributed by atoms with Crippen molar-refractivity contribution in [3.8, 4) is 0 Å². The molecular weight excluding hydrogens is 412 g/mol. The predicted octanol–water partition coefficient (Wildman–Crippen LogP) is 1.31. The van der Waals surface area contributed by atoms with Gasteiger partial charge >= 0.3 is 0 Å². The van der Waals surface area contributed by atoms with E-state index >= 15 is 0 Å². The Morgan fingerprint density at radius 1 is 0.643 bits per heavy atom. The van der Waals surface area contributed by atoms with Crippen LogP contribution in [0.4, 0.5) is 11.4 Å². The lowest BCUT2D eigenvalue weighted by molar-refractivity contribution is 0.101. The Labute approximate surface area is 158 Å². The van der Waals surface area contributed by atoms with Crippen LogP contribution in [-0.2, 0) is 20.2 Å². The second kappa shape index (κ2) is 5.72. The molecule has 0 saturated heterocycles. The molecule has 0 fully saturated rings. The first-order chi connectivity index (χ1) is 13.0. The molecule has 0 unspecified atom stereocenters. The van der Waals surface area contributed by atoms with Gasteiger partial charge in [-0.05, 0) is 36.4 Å². The fraction of sp³-hybridized carbons (Fsp3) is 0. The van der Waals surface area contributed by atoms with E-state index in [1.165, 1.54) is 12.1 Å². The Morgan fingerprint density at radius 2 is 1.00 bits per heavy atom. The van der Waals surface area contributed by atoms with Crippen molar-refractivity contribution in [3.63, 3.8) is 0 Å². The van der Waals surface area contributed by atoms with Crippen LogP contribution in [0.3, 0.4) is 0 Å². The number of benzene rings is 2. The van der Waals surface area contributed by atoms with Crippen molar-refractivity contribution in [2.24, 2.45) is 0 Å². The molecule has 0 saturated carbocycles. The summed E-state index contributed by atoms with van der Waals surface area (Å²) in [6, 6.07) is 6.70. The van der Waals surface area contributed by atoms with E-state index in [1.807, 2.05) is 0 Å². The van der Waals surface area contributed by atoms with Gasteiger partial charge in [-0.2, -0.15) is 16.8 Å². The van der Waals surface area contributed by atoms with Crippen LogP contribution in [-0.4, -0.2) is 37.5 Å². The summed E-state index contributed by atoms with van der Waals surface area (Å²) in [6.45, 7) is 0. The summed E-state index contributed by atoms with van der Waals surface area (Å²) in [5.74, 6) is -1.36. The maximum atomic E-state index is 12.7. The van der Waals surface area contributed by atoms with E-state index in [-0.39, 0.29) is 33.9 Å².